The summed E-state index contributed by atoms with van der Waals surface area (Å²) < 4.78 is 30.5. The fraction of sp³-hybridized carbons (Fsp3) is 0.455. The van der Waals surface area contributed by atoms with Crippen LogP contribution in [-0.4, -0.2) is 13.5 Å². The van der Waals surface area contributed by atoms with Crippen LogP contribution in [0.15, 0.2) is 18.2 Å². The summed E-state index contributed by atoms with van der Waals surface area (Å²) in [6, 6.07) is 5.02. The van der Waals surface area contributed by atoms with Gasteiger partial charge in [-0.2, -0.15) is 0 Å². The summed E-state index contributed by atoms with van der Waals surface area (Å²) in [5.74, 6) is 0.403. The summed E-state index contributed by atoms with van der Waals surface area (Å²) in [6.07, 6.45) is -2.63. The van der Waals surface area contributed by atoms with Gasteiger partial charge in [-0.15, -0.1) is 0 Å². The van der Waals surface area contributed by atoms with E-state index in [1.165, 1.54) is 14.0 Å². The Kier molecular flexibility index (Phi) is 3.29. The molecule has 0 saturated carbocycles. The number of methoxy groups -OCH3 is 1. The lowest BCUT2D eigenvalue weighted by molar-refractivity contribution is 0.0610. The van der Waals surface area contributed by atoms with Crippen molar-refractivity contribution in [3.05, 3.63) is 29.3 Å². The summed E-state index contributed by atoms with van der Waals surface area (Å²) in [7, 11) is 1.44. The predicted molar refractivity (Wildman–Crippen MR) is 55.3 cm³/mol. The highest BCUT2D eigenvalue weighted by Gasteiger charge is 2.34. The Morgan fingerprint density at radius 2 is 2.00 bits per heavy atom. The van der Waals surface area contributed by atoms with E-state index in [0.29, 0.717) is 11.3 Å². The number of benzene rings is 1. The number of hydrogen-bond acceptors (Lipinski definition) is 2. The molecule has 15 heavy (non-hydrogen) atoms. The minimum Gasteiger partial charge on any atom is -0.496 e. The van der Waals surface area contributed by atoms with E-state index in [9.17, 15) is 8.78 Å². The lowest BCUT2D eigenvalue weighted by Crippen LogP contribution is -2.40. The molecule has 0 bridgehead atoms. The van der Waals surface area contributed by atoms with Crippen LogP contribution in [-0.2, 0) is 5.54 Å². The van der Waals surface area contributed by atoms with E-state index in [2.05, 4.69) is 0 Å². The number of alkyl halides is 2. The first-order valence-corrected chi connectivity index (χ1v) is 4.61. The fourth-order valence-corrected chi connectivity index (χ4v) is 1.36. The van der Waals surface area contributed by atoms with Gasteiger partial charge in [0.05, 0.1) is 7.11 Å². The number of aryl methyl sites for hydroxylation is 1. The van der Waals surface area contributed by atoms with Crippen LogP contribution in [0, 0.1) is 6.92 Å². The Labute approximate surface area is 88.0 Å². The number of nitrogens with two attached hydrogens (primary N) is 1. The molecule has 0 saturated heterocycles. The standard InChI is InChI=1S/C11H15F2NO/c1-7-4-5-8(9(6-7)15-3)11(2,14)10(12)13/h4-6,10H,14H2,1-3H3. The van der Waals surface area contributed by atoms with E-state index in [1.54, 1.807) is 18.2 Å². The van der Waals surface area contributed by atoms with Gasteiger partial charge in [0.15, 0.2) is 0 Å². The molecule has 0 aliphatic rings. The molecule has 1 aromatic carbocycles. The largest absolute Gasteiger partial charge is 0.496 e. The third-order valence-electron chi connectivity index (χ3n) is 2.39. The first-order valence-electron chi connectivity index (χ1n) is 4.61. The zero-order chi connectivity index (χ0) is 11.6. The van der Waals surface area contributed by atoms with Crippen LogP contribution in [0.3, 0.4) is 0 Å². The number of halogens is 2. The van der Waals surface area contributed by atoms with Crippen molar-refractivity contribution in [3.63, 3.8) is 0 Å². The lowest BCUT2D eigenvalue weighted by atomic mass is 9.92. The zero-order valence-electron chi connectivity index (χ0n) is 9.05. The van der Waals surface area contributed by atoms with Gasteiger partial charge in [-0.3, -0.25) is 0 Å². The van der Waals surface area contributed by atoms with Crippen molar-refractivity contribution in [2.24, 2.45) is 5.73 Å². The van der Waals surface area contributed by atoms with Gasteiger partial charge in [0.25, 0.3) is 6.43 Å². The van der Waals surface area contributed by atoms with Crippen LogP contribution < -0.4 is 10.5 Å². The third-order valence-corrected chi connectivity index (χ3v) is 2.39. The molecule has 2 N–H and O–H groups in total. The molecule has 1 unspecified atom stereocenters. The lowest BCUT2D eigenvalue weighted by Gasteiger charge is -2.26. The quantitative estimate of drug-likeness (QED) is 0.840. The molecule has 84 valence electrons. The van der Waals surface area contributed by atoms with E-state index >= 15 is 0 Å². The molecule has 0 spiro atoms. The Morgan fingerprint density at radius 1 is 1.40 bits per heavy atom. The maximum Gasteiger partial charge on any atom is 0.260 e. The first-order chi connectivity index (χ1) is 6.89. The van der Waals surface area contributed by atoms with Crippen LogP contribution in [0.25, 0.3) is 0 Å². The Morgan fingerprint density at radius 3 is 2.47 bits per heavy atom. The van der Waals surface area contributed by atoms with E-state index in [0.717, 1.165) is 5.56 Å². The summed E-state index contributed by atoms with van der Waals surface area (Å²) in [5.41, 5.74) is 5.17. The molecule has 4 heteroatoms. The van der Waals surface area contributed by atoms with Gasteiger partial charge < -0.3 is 10.5 Å². The number of rotatable bonds is 3. The Bertz CT molecular complexity index is 350. The van der Waals surface area contributed by atoms with Crippen molar-refractivity contribution in [3.8, 4) is 5.75 Å². The van der Waals surface area contributed by atoms with Crippen LogP contribution in [0.1, 0.15) is 18.1 Å². The molecule has 0 aliphatic heterocycles. The average Bonchev–Trinajstić information content (AvgIpc) is 2.16. The van der Waals surface area contributed by atoms with Crippen molar-refractivity contribution >= 4 is 0 Å². The zero-order valence-corrected chi connectivity index (χ0v) is 9.05. The third kappa shape index (κ3) is 2.26. The molecule has 0 heterocycles. The molecule has 0 aliphatic carbocycles. The van der Waals surface area contributed by atoms with Gasteiger partial charge in [-0.25, -0.2) is 8.78 Å². The van der Waals surface area contributed by atoms with Crippen molar-refractivity contribution in [2.45, 2.75) is 25.8 Å². The first kappa shape index (κ1) is 11.9. The van der Waals surface area contributed by atoms with Crippen LogP contribution in [0.4, 0.5) is 8.78 Å². The second kappa shape index (κ2) is 4.14. The van der Waals surface area contributed by atoms with Gasteiger partial charge in [-0.1, -0.05) is 12.1 Å². The highest BCUT2D eigenvalue weighted by molar-refractivity contribution is 5.41. The van der Waals surface area contributed by atoms with Gasteiger partial charge in [0.1, 0.15) is 11.3 Å². The van der Waals surface area contributed by atoms with Gasteiger partial charge in [0.2, 0.25) is 0 Å². The minimum absolute atomic E-state index is 0.325. The Balaban J connectivity index is 3.24. The molecule has 0 amide bonds. The highest BCUT2D eigenvalue weighted by atomic mass is 19.3. The highest BCUT2D eigenvalue weighted by Crippen LogP contribution is 2.33. The predicted octanol–water partition coefficient (Wildman–Crippen LogP) is 2.44. The van der Waals surface area contributed by atoms with Crippen molar-refractivity contribution in [2.75, 3.05) is 7.11 Å². The number of ether oxygens (including phenoxy) is 1. The maximum absolute atomic E-state index is 12.7. The van der Waals surface area contributed by atoms with Crippen molar-refractivity contribution in [1.82, 2.24) is 0 Å². The Hall–Kier alpha value is -1.16. The fourth-order valence-electron chi connectivity index (χ4n) is 1.36. The molecule has 0 radical (unpaired) electrons. The van der Waals surface area contributed by atoms with E-state index in [1.807, 2.05) is 6.92 Å². The molecule has 0 aromatic heterocycles. The van der Waals surface area contributed by atoms with Crippen molar-refractivity contribution in [1.29, 1.82) is 0 Å². The van der Waals surface area contributed by atoms with Crippen LogP contribution in [0.5, 0.6) is 5.75 Å². The molecule has 0 fully saturated rings. The smallest absolute Gasteiger partial charge is 0.260 e. The van der Waals surface area contributed by atoms with Crippen LogP contribution in [0.2, 0.25) is 0 Å². The second-order valence-corrected chi connectivity index (χ2v) is 3.79. The topological polar surface area (TPSA) is 35.2 Å². The summed E-state index contributed by atoms with van der Waals surface area (Å²) >= 11 is 0. The SMILES string of the molecule is COc1cc(C)ccc1C(C)(N)C(F)F. The minimum atomic E-state index is -2.63. The molecule has 1 atom stereocenters. The van der Waals surface area contributed by atoms with E-state index < -0.39 is 12.0 Å². The molecule has 2 nitrogen and oxygen atoms in total. The number of hydrogen-bond donors (Lipinski definition) is 1. The summed E-state index contributed by atoms with van der Waals surface area (Å²) in [4.78, 5) is 0. The van der Waals surface area contributed by atoms with Gasteiger partial charge in [0, 0.05) is 5.56 Å². The monoisotopic (exact) mass is 215 g/mol. The van der Waals surface area contributed by atoms with Gasteiger partial charge >= 0.3 is 0 Å². The normalized spacial score (nSPS) is 15.1. The molecule has 1 rings (SSSR count). The second-order valence-electron chi connectivity index (χ2n) is 3.79. The van der Waals surface area contributed by atoms with E-state index in [-0.39, 0.29) is 0 Å². The van der Waals surface area contributed by atoms with Gasteiger partial charge in [-0.05, 0) is 25.5 Å². The average molecular weight is 215 g/mol. The maximum atomic E-state index is 12.7. The molecule has 1 aromatic rings. The summed E-state index contributed by atoms with van der Waals surface area (Å²) in [6.45, 7) is 3.16. The van der Waals surface area contributed by atoms with Crippen molar-refractivity contribution < 1.29 is 13.5 Å². The van der Waals surface area contributed by atoms with Crippen LogP contribution >= 0.6 is 0 Å². The molecular formula is C11H15F2NO. The summed E-state index contributed by atoms with van der Waals surface area (Å²) in [5, 5.41) is 0. The molecular weight excluding hydrogens is 200 g/mol. The van der Waals surface area contributed by atoms with E-state index in [4.69, 9.17) is 10.5 Å².